The van der Waals surface area contributed by atoms with Crippen molar-refractivity contribution in [2.24, 2.45) is 0 Å². The van der Waals surface area contributed by atoms with Gasteiger partial charge in [0.2, 0.25) is 0 Å². The Bertz CT molecular complexity index is 320. The van der Waals surface area contributed by atoms with E-state index in [9.17, 15) is 0 Å². The molecule has 0 aromatic heterocycles. The lowest BCUT2D eigenvalue weighted by Gasteiger charge is -2.07. The van der Waals surface area contributed by atoms with Crippen molar-refractivity contribution in [3.05, 3.63) is 28.2 Å². The number of ether oxygens (including phenoxy) is 1. The largest absolute Gasteiger partial charge is 0.496 e. The quantitative estimate of drug-likeness (QED) is 0.597. The van der Waals surface area contributed by atoms with Crippen LogP contribution in [-0.2, 0) is 6.42 Å². The highest BCUT2D eigenvalue weighted by atomic mass is 79.9. The highest BCUT2D eigenvalue weighted by molar-refractivity contribution is 9.10. The molecule has 0 amide bonds. The van der Waals surface area contributed by atoms with Gasteiger partial charge in [-0.2, -0.15) is 12.6 Å². The first kappa shape index (κ1) is 13.9. The van der Waals surface area contributed by atoms with Gasteiger partial charge in [-0.05, 0) is 65.3 Å². The third-order valence-corrected chi connectivity index (χ3v) is 3.25. The van der Waals surface area contributed by atoms with Gasteiger partial charge in [0.15, 0.2) is 0 Å². The molecule has 1 N–H and O–H groups in total. The van der Waals surface area contributed by atoms with Crippen LogP contribution < -0.4 is 10.1 Å². The molecule has 1 rings (SSSR count). The number of nitrogens with one attached hydrogen (secondary N) is 1. The van der Waals surface area contributed by atoms with E-state index in [0.717, 1.165) is 41.9 Å². The van der Waals surface area contributed by atoms with Crippen LogP contribution in [-0.4, -0.2) is 26.0 Å². The van der Waals surface area contributed by atoms with Gasteiger partial charge in [-0.25, -0.2) is 0 Å². The number of benzene rings is 1. The van der Waals surface area contributed by atoms with Gasteiger partial charge in [-0.3, -0.25) is 0 Å². The predicted octanol–water partition coefficient (Wildman–Crippen LogP) is 2.91. The second-order valence-corrected chi connectivity index (χ2v) is 4.85. The van der Waals surface area contributed by atoms with E-state index in [0.29, 0.717) is 0 Å². The third-order valence-electron chi connectivity index (χ3n) is 2.32. The summed E-state index contributed by atoms with van der Waals surface area (Å²) in [5.41, 5.74) is 1.31. The fourth-order valence-electron chi connectivity index (χ4n) is 1.43. The van der Waals surface area contributed by atoms with Crippen LogP contribution in [0.1, 0.15) is 12.0 Å². The highest BCUT2D eigenvalue weighted by Crippen LogP contribution is 2.25. The van der Waals surface area contributed by atoms with Gasteiger partial charge in [0.05, 0.1) is 11.6 Å². The average Bonchev–Trinajstić information content (AvgIpc) is 2.29. The Morgan fingerprint density at radius 1 is 1.38 bits per heavy atom. The van der Waals surface area contributed by atoms with Crippen LogP contribution in [0, 0.1) is 0 Å². The van der Waals surface area contributed by atoms with Crippen molar-refractivity contribution in [3.63, 3.8) is 0 Å². The minimum atomic E-state index is 0.881. The molecule has 0 aliphatic heterocycles. The van der Waals surface area contributed by atoms with E-state index in [-0.39, 0.29) is 0 Å². The summed E-state index contributed by atoms with van der Waals surface area (Å²) in [4.78, 5) is 0. The molecule has 0 heterocycles. The SMILES string of the molecule is COc1ccc(CCNCCCS)cc1Br. The fraction of sp³-hybridized carbons (Fsp3) is 0.500. The van der Waals surface area contributed by atoms with E-state index in [1.807, 2.05) is 6.07 Å². The molecule has 0 atom stereocenters. The molecule has 0 radical (unpaired) electrons. The highest BCUT2D eigenvalue weighted by Gasteiger charge is 2.00. The molecule has 0 spiro atoms. The average molecular weight is 304 g/mol. The van der Waals surface area contributed by atoms with Gasteiger partial charge in [-0.15, -0.1) is 0 Å². The van der Waals surface area contributed by atoms with Crippen molar-refractivity contribution >= 4 is 28.6 Å². The van der Waals surface area contributed by atoms with Gasteiger partial charge >= 0.3 is 0 Å². The summed E-state index contributed by atoms with van der Waals surface area (Å²) in [7, 11) is 1.68. The zero-order valence-electron chi connectivity index (χ0n) is 9.50. The molecule has 0 fully saturated rings. The maximum Gasteiger partial charge on any atom is 0.133 e. The molecule has 4 heteroatoms. The lowest BCUT2D eigenvalue weighted by Crippen LogP contribution is -2.18. The molecule has 0 aliphatic carbocycles. The zero-order valence-corrected chi connectivity index (χ0v) is 12.0. The zero-order chi connectivity index (χ0) is 11.8. The molecular weight excluding hydrogens is 286 g/mol. The van der Waals surface area contributed by atoms with Crippen LogP contribution >= 0.6 is 28.6 Å². The van der Waals surface area contributed by atoms with Gasteiger partial charge in [0.25, 0.3) is 0 Å². The summed E-state index contributed by atoms with van der Waals surface area (Å²) in [5.74, 6) is 1.83. The van der Waals surface area contributed by atoms with Crippen molar-refractivity contribution in [1.82, 2.24) is 5.32 Å². The summed E-state index contributed by atoms with van der Waals surface area (Å²) in [6.07, 6.45) is 2.16. The molecule has 0 saturated heterocycles. The Balaban J connectivity index is 2.34. The molecule has 0 saturated carbocycles. The summed E-state index contributed by atoms with van der Waals surface area (Å²) < 4.78 is 6.20. The maximum atomic E-state index is 5.19. The van der Waals surface area contributed by atoms with Crippen LogP contribution in [0.4, 0.5) is 0 Å². The molecule has 1 aromatic rings. The smallest absolute Gasteiger partial charge is 0.133 e. The summed E-state index contributed by atoms with van der Waals surface area (Å²) in [5, 5.41) is 3.39. The Hall–Kier alpha value is -0.190. The minimum absolute atomic E-state index is 0.881. The number of methoxy groups -OCH3 is 1. The third kappa shape index (κ3) is 4.76. The van der Waals surface area contributed by atoms with Crippen molar-refractivity contribution in [2.75, 3.05) is 26.0 Å². The van der Waals surface area contributed by atoms with E-state index in [2.05, 4.69) is 46.0 Å². The van der Waals surface area contributed by atoms with Gasteiger partial charge in [-0.1, -0.05) is 6.07 Å². The molecule has 0 unspecified atom stereocenters. The first-order chi connectivity index (χ1) is 7.77. The lowest BCUT2D eigenvalue weighted by atomic mass is 10.1. The van der Waals surface area contributed by atoms with Crippen LogP contribution in [0.15, 0.2) is 22.7 Å². The molecule has 1 aromatic carbocycles. The van der Waals surface area contributed by atoms with Crippen LogP contribution in [0.5, 0.6) is 5.75 Å². The first-order valence-electron chi connectivity index (χ1n) is 5.42. The first-order valence-corrected chi connectivity index (χ1v) is 6.84. The summed E-state index contributed by atoms with van der Waals surface area (Å²) in [6, 6.07) is 6.20. The minimum Gasteiger partial charge on any atom is -0.496 e. The van der Waals surface area contributed by atoms with Crippen LogP contribution in [0.3, 0.4) is 0 Å². The van der Waals surface area contributed by atoms with Gasteiger partial charge in [0.1, 0.15) is 5.75 Å². The predicted molar refractivity (Wildman–Crippen MR) is 75.7 cm³/mol. The second kappa shape index (κ2) is 7.98. The van der Waals surface area contributed by atoms with Crippen molar-refractivity contribution < 1.29 is 4.74 Å². The van der Waals surface area contributed by atoms with E-state index in [1.165, 1.54) is 5.56 Å². The number of thiol groups is 1. The Kier molecular flexibility index (Phi) is 6.92. The normalized spacial score (nSPS) is 10.4. The number of halogens is 1. The van der Waals surface area contributed by atoms with E-state index in [1.54, 1.807) is 7.11 Å². The molecule has 16 heavy (non-hydrogen) atoms. The summed E-state index contributed by atoms with van der Waals surface area (Å²) >= 11 is 7.65. The Morgan fingerprint density at radius 3 is 2.81 bits per heavy atom. The Morgan fingerprint density at radius 2 is 2.19 bits per heavy atom. The monoisotopic (exact) mass is 303 g/mol. The van der Waals surface area contributed by atoms with Crippen LogP contribution in [0.25, 0.3) is 0 Å². The van der Waals surface area contributed by atoms with Gasteiger partial charge < -0.3 is 10.1 Å². The van der Waals surface area contributed by atoms with Crippen molar-refractivity contribution in [2.45, 2.75) is 12.8 Å². The molecular formula is C12H18BrNOS. The lowest BCUT2D eigenvalue weighted by molar-refractivity contribution is 0.412. The molecule has 90 valence electrons. The summed E-state index contributed by atoms with van der Waals surface area (Å²) in [6.45, 7) is 2.05. The van der Waals surface area contributed by atoms with E-state index < -0.39 is 0 Å². The molecule has 0 aliphatic rings. The van der Waals surface area contributed by atoms with Gasteiger partial charge in [0, 0.05) is 0 Å². The topological polar surface area (TPSA) is 21.3 Å². The number of hydrogen-bond donors (Lipinski definition) is 2. The Labute approximate surface area is 111 Å². The maximum absolute atomic E-state index is 5.19. The second-order valence-electron chi connectivity index (χ2n) is 3.55. The van der Waals surface area contributed by atoms with Crippen molar-refractivity contribution in [1.29, 1.82) is 0 Å². The molecule has 0 bridgehead atoms. The number of hydrogen-bond acceptors (Lipinski definition) is 3. The number of rotatable bonds is 7. The van der Waals surface area contributed by atoms with E-state index >= 15 is 0 Å². The fourth-order valence-corrected chi connectivity index (χ4v) is 2.17. The standard InChI is InChI=1S/C12H18BrNOS/c1-15-12-4-3-10(9-11(12)13)5-7-14-6-2-8-16/h3-4,9,14,16H,2,5-8H2,1H3. The van der Waals surface area contributed by atoms with Crippen molar-refractivity contribution in [3.8, 4) is 5.75 Å². The molecule has 2 nitrogen and oxygen atoms in total. The van der Waals surface area contributed by atoms with E-state index in [4.69, 9.17) is 4.74 Å². The van der Waals surface area contributed by atoms with Crippen LogP contribution in [0.2, 0.25) is 0 Å².